The highest BCUT2D eigenvalue weighted by atomic mass is 16.6. The molecule has 0 aliphatic carbocycles. The first kappa shape index (κ1) is 28.2. The van der Waals surface area contributed by atoms with Crippen molar-refractivity contribution in [2.45, 2.75) is 30.5 Å². The van der Waals surface area contributed by atoms with E-state index in [-0.39, 0.29) is 24.8 Å². The molecular formula is C35H31N3O5. The van der Waals surface area contributed by atoms with E-state index < -0.39 is 29.7 Å². The number of carbonyl (C=O) groups is 1. The average molecular weight is 574 g/mol. The number of rotatable bonds is 9. The Labute approximate surface area is 249 Å². The predicted octanol–water partition coefficient (Wildman–Crippen LogP) is 5.15. The van der Waals surface area contributed by atoms with Gasteiger partial charge in [-0.2, -0.15) is 4.98 Å². The minimum atomic E-state index is -0.970. The number of amides is 1. The first-order valence-corrected chi connectivity index (χ1v) is 14.1. The summed E-state index contributed by atoms with van der Waals surface area (Å²) in [6.45, 7) is 0.0593. The number of carbonyl (C=O) groups excluding carboxylic acids is 1. The molecule has 1 aromatic heterocycles. The van der Waals surface area contributed by atoms with Crippen molar-refractivity contribution in [2.75, 3.05) is 11.9 Å². The number of hydrogen-bond donors (Lipinski definition) is 2. The lowest BCUT2D eigenvalue weighted by atomic mass is 9.80. The van der Waals surface area contributed by atoms with Crippen molar-refractivity contribution in [3.63, 3.8) is 0 Å². The van der Waals surface area contributed by atoms with Gasteiger partial charge in [-0.3, -0.25) is 9.36 Å². The van der Waals surface area contributed by atoms with Gasteiger partial charge in [-0.25, -0.2) is 4.79 Å². The second-order valence-electron chi connectivity index (χ2n) is 10.3. The molecule has 1 amide bonds. The van der Waals surface area contributed by atoms with Crippen LogP contribution in [0.2, 0.25) is 0 Å². The molecule has 0 saturated carbocycles. The zero-order chi connectivity index (χ0) is 29.6. The lowest BCUT2D eigenvalue weighted by molar-refractivity contribution is -0.0943. The fraction of sp³-hybridized carbons (Fsp3) is 0.171. The van der Waals surface area contributed by atoms with Crippen LogP contribution in [0.4, 0.5) is 5.82 Å². The molecule has 1 saturated heterocycles. The van der Waals surface area contributed by atoms with Crippen molar-refractivity contribution < 1.29 is 19.4 Å². The number of aliphatic hydroxyl groups excluding tert-OH is 1. The highest BCUT2D eigenvalue weighted by Gasteiger charge is 2.41. The molecule has 0 radical (unpaired) electrons. The minimum Gasteiger partial charge on any atom is -0.390 e. The molecule has 3 atom stereocenters. The van der Waals surface area contributed by atoms with Crippen LogP contribution in [0, 0.1) is 0 Å². The van der Waals surface area contributed by atoms with Crippen molar-refractivity contribution in [1.82, 2.24) is 9.55 Å². The van der Waals surface area contributed by atoms with Crippen molar-refractivity contribution >= 4 is 11.7 Å². The van der Waals surface area contributed by atoms with E-state index in [0.717, 1.165) is 16.7 Å². The lowest BCUT2D eigenvalue weighted by Gasteiger charge is -2.37. The minimum absolute atomic E-state index is 0.0593. The van der Waals surface area contributed by atoms with Gasteiger partial charge >= 0.3 is 5.69 Å². The summed E-state index contributed by atoms with van der Waals surface area (Å²) < 4.78 is 14.3. The van der Waals surface area contributed by atoms with Gasteiger partial charge in [0.15, 0.2) is 0 Å². The highest BCUT2D eigenvalue weighted by molar-refractivity contribution is 6.03. The molecule has 4 aromatic carbocycles. The summed E-state index contributed by atoms with van der Waals surface area (Å²) in [6, 6.07) is 40.1. The van der Waals surface area contributed by atoms with E-state index in [2.05, 4.69) is 10.3 Å². The van der Waals surface area contributed by atoms with Crippen LogP contribution in [-0.4, -0.2) is 39.4 Å². The number of aromatic nitrogens is 2. The Hall–Kier alpha value is -4.89. The van der Waals surface area contributed by atoms with Crippen molar-refractivity contribution in [3.05, 3.63) is 166 Å². The zero-order valence-electron chi connectivity index (χ0n) is 23.3. The van der Waals surface area contributed by atoms with Crippen LogP contribution in [0.1, 0.15) is 39.7 Å². The molecule has 43 heavy (non-hydrogen) atoms. The molecule has 216 valence electrons. The Kier molecular flexibility index (Phi) is 8.24. The Balaban J connectivity index is 1.23. The predicted molar refractivity (Wildman–Crippen MR) is 163 cm³/mol. The summed E-state index contributed by atoms with van der Waals surface area (Å²) in [4.78, 5) is 29.4. The van der Waals surface area contributed by atoms with E-state index in [1.807, 2.05) is 97.1 Å². The summed E-state index contributed by atoms with van der Waals surface area (Å²) in [5, 5.41) is 13.7. The fourth-order valence-electron chi connectivity index (χ4n) is 5.49. The first-order valence-electron chi connectivity index (χ1n) is 14.1. The molecule has 8 heteroatoms. The maximum atomic E-state index is 12.9. The lowest BCUT2D eigenvalue weighted by Crippen LogP contribution is -2.38. The fourth-order valence-corrected chi connectivity index (χ4v) is 5.49. The van der Waals surface area contributed by atoms with Gasteiger partial charge < -0.3 is 19.9 Å². The van der Waals surface area contributed by atoms with Gasteiger partial charge in [-0.1, -0.05) is 109 Å². The van der Waals surface area contributed by atoms with Crippen molar-refractivity contribution in [1.29, 1.82) is 0 Å². The third-order valence-corrected chi connectivity index (χ3v) is 7.63. The normalized spacial score (nSPS) is 18.3. The zero-order valence-corrected chi connectivity index (χ0v) is 23.3. The highest BCUT2D eigenvalue weighted by Crippen LogP contribution is 2.41. The Morgan fingerprint density at radius 1 is 0.837 bits per heavy atom. The number of hydrogen-bond acceptors (Lipinski definition) is 6. The van der Waals surface area contributed by atoms with Crippen molar-refractivity contribution in [2.24, 2.45) is 0 Å². The number of aliphatic hydroxyl groups is 1. The Morgan fingerprint density at radius 2 is 1.35 bits per heavy atom. The molecule has 1 aliphatic heterocycles. The largest absolute Gasteiger partial charge is 0.390 e. The number of ether oxygens (including phenoxy) is 2. The quantitative estimate of drug-likeness (QED) is 0.237. The third kappa shape index (κ3) is 5.89. The number of anilines is 1. The standard InChI is InChI=1S/C35H31N3O5/c39-29-23-32(38-22-21-31(37-34(38)41)36-33(40)25-13-5-1-6-14-25)43-30(29)24-42-35(26-15-7-2-8-16-26,27-17-9-3-10-18-27)28-19-11-4-12-20-28/h1-22,29-30,32,39H,23-24H2,(H,36,37,40,41)/t29-,30-,32+/m0/s1. The van der Waals surface area contributed by atoms with Crippen LogP contribution < -0.4 is 11.0 Å². The topological polar surface area (TPSA) is 103 Å². The maximum Gasteiger partial charge on any atom is 0.351 e. The van der Waals surface area contributed by atoms with E-state index >= 15 is 0 Å². The van der Waals surface area contributed by atoms with Crippen LogP contribution in [0.25, 0.3) is 0 Å². The molecule has 2 N–H and O–H groups in total. The van der Waals surface area contributed by atoms with Crippen LogP contribution in [-0.2, 0) is 15.1 Å². The molecule has 0 spiro atoms. The molecule has 0 unspecified atom stereocenters. The van der Waals surface area contributed by atoms with Crippen LogP contribution in [0.5, 0.6) is 0 Å². The third-order valence-electron chi connectivity index (χ3n) is 7.63. The maximum absolute atomic E-state index is 12.9. The van der Waals surface area contributed by atoms with Crippen LogP contribution >= 0.6 is 0 Å². The SMILES string of the molecule is O=C(Nc1ccn([C@H]2C[C@H](O)[C@H](COC(c3ccccc3)(c3ccccc3)c3ccccc3)O2)c(=O)n1)c1ccccc1. The number of benzene rings is 4. The molecule has 5 aromatic rings. The molecular weight excluding hydrogens is 542 g/mol. The molecule has 1 aliphatic rings. The van der Waals surface area contributed by atoms with Gasteiger partial charge in [0.2, 0.25) is 0 Å². The van der Waals surface area contributed by atoms with E-state index in [4.69, 9.17) is 9.47 Å². The summed E-state index contributed by atoms with van der Waals surface area (Å²) >= 11 is 0. The van der Waals surface area contributed by atoms with Gasteiger partial charge in [0.1, 0.15) is 23.8 Å². The van der Waals surface area contributed by atoms with Gasteiger partial charge in [-0.15, -0.1) is 0 Å². The summed E-state index contributed by atoms with van der Waals surface area (Å²) in [6.07, 6.45) is -0.639. The molecule has 6 rings (SSSR count). The molecule has 1 fully saturated rings. The second kappa shape index (κ2) is 12.5. The van der Waals surface area contributed by atoms with E-state index in [1.165, 1.54) is 16.8 Å². The van der Waals surface area contributed by atoms with E-state index in [9.17, 15) is 14.7 Å². The Bertz CT molecular complexity index is 1620. The van der Waals surface area contributed by atoms with Gasteiger partial charge in [0.05, 0.1) is 12.7 Å². The van der Waals surface area contributed by atoms with E-state index in [1.54, 1.807) is 24.3 Å². The van der Waals surface area contributed by atoms with Gasteiger partial charge in [-0.05, 0) is 34.9 Å². The molecule has 8 nitrogen and oxygen atoms in total. The summed E-state index contributed by atoms with van der Waals surface area (Å²) in [5.74, 6) is -0.236. The van der Waals surface area contributed by atoms with Crippen LogP contribution in [0.15, 0.2) is 138 Å². The molecule has 0 bridgehead atoms. The van der Waals surface area contributed by atoms with Crippen molar-refractivity contribution in [3.8, 4) is 0 Å². The molecule has 2 heterocycles. The van der Waals surface area contributed by atoms with Crippen LogP contribution in [0.3, 0.4) is 0 Å². The smallest absolute Gasteiger partial charge is 0.351 e. The monoisotopic (exact) mass is 573 g/mol. The van der Waals surface area contributed by atoms with Gasteiger partial charge in [0, 0.05) is 18.2 Å². The van der Waals surface area contributed by atoms with Gasteiger partial charge in [0.25, 0.3) is 5.91 Å². The number of nitrogens with zero attached hydrogens (tertiary/aromatic N) is 2. The van der Waals surface area contributed by atoms with E-state index in [0.29, 0.717) is 5.56 Å². The second-order valence-corrected chi connectivity index (χ2v) is 10.3. The summed E-state index contributed by atoms with van der Waals surface area (Å²) in [5.41, 5.74) is 1.69. The first-order chi connectivity index (χ1) is 21.0. The summed E-state index contributed by atoms with van der Waals surface area (Å²) in [7, 11) is 0. The Morgan fingerprint density at radius 3 is 1.86 bits per heavy atom. The number of nitrogens with one attached hydrogen (secondary N) is 1. The average Bonchev–Trinajstić information content (AvgIpc) is 3.43.